The first-order valence-electron chi connectivity index (χ1n) is 5.91. The second kappa shape index (κ2) is 6.19. The summed E-state index contributed by atoms with van der Waals surface area (Å²) in [6.45, 7) is 8.51. The normalized spacial score (nSPS) is 21.6. The smallest absolute Gasteiger partial charge is 0.0660 e. The van der Waals surface area contributed by atoms with Gasteiger partial charge in [0, 0.05) is 10.5 Å². The maximum atomic E-state index is 4.67. The summed E-state index contributed by atoms with van der Waals surface area (Å²) < 4.78 is 1.13. The molecule has 1 rings (SSSR count). The molecule has 0 unspecified atom stereocenters. The van der Waals surface area contributed by atoms with Crippen LogP contribution in [0.5, 0.6) is 0 Å². The lowest BCUT2D eigenvalue weighted by Gasteiger charge is -2.17. The van der Waals surface area contributed by atoms with Crippen LogP contribution in [-0.2, 0) is 0 Å². The molecule has 0 fully saturated rings. The Hall–Kier alpha value is -0.630. The zero-order valence-electron chi connectivity index (χ0n) is 10.5. The highest BCUT2D eigenvalue weighted by Gasteiger charge is 2.14. The van der Waals surface area contributed by atoms with Crippen molar-refractivity contribution in [3.8, 4) is 0 Å². The topological polar surface area (TPSA) is 12.4 Å². The van der Waals surface area contributed by atoms with Gasteiger partial charge >= 0.3 is 0 Å². The number of hydrogen-bond acceptors (Lipinski definition) is 1. The molecule has 0 amide bonds. The number of nitrogens with zero attached hydrogens (tertiary/aromatic N) is 1. The Balaban J connectivity index is 3.11. The minimum Gasteiger partial charge on any atom is -0.282 e. The van der Waals surface area contributed by atoms with Crippen molar-refractivity contribution in [3.05, 3.63) is 33.9 Å². The molecule has 0 radical (unpaired) electrons. The number of halogens is 1. The van der Waals surface area contributed by atoms with Gasteiger partial charge in [-0.15, -0.1) is 0 Å². The summed E-state index contributed by atoms with van der Waals surface area (Å²) in [5, 5.41) is 0. The van der Waals surface area contributed by atoms with Gasteiger partial charge in [0.25, 0.3) is 0 Å². The Labute approximate surface area is 107 Å². The Morgan fingerprint density at radius 3 is 2.56 bits per heavy atom. The lowest BCUT2D eigenvalue weighted by atomic mass is 9.92. The molecule has 1 nitrogen and oxygen atoms in total. The van der Waals surface area contributed by atoms with Gasteiger partial charge in [-0.05, 0) is 50.5 Å². The first-order chi connectivity index (χ1) is 7.58. The van der Waals surface area contributed by atoms with Crippen molar-refractivity contribution in [1.29, 1.82) is 0 Å². The number of aliphatic imine (C=N–C) groups is 1. The van der Waals surface area contributed by atoms with Crippen LogP contribution in [0, 0.1) is 0 Å². The molecule has 0 aromatic heterocycles. The third kappa shape index (κ3) is 3.44. The monoisotopic (exact) mass is 281 g/mol. The van der Waals surface area contributed by atoms with Gasteiger partial charge in [-0.2, -0.15) is 0 Å². The van der Waals surface area contributed by atoms with E-state index >= 15 is 0 Å². The lowest BCUT2D eigenvalue weighted by Crippen LogP contribution is -2.10. The van der Waals surface area contributed by atoms with E-state index in [0.29, 0.717) is 6.04 Å². The van der Waals surface area contributed by atoms with Gasteiger partial charge in [-0.25, -0.2) is 0 Å². The highest BCUT2D eigenvalue weighted by Crippen LogP contribution is 2.28. The van der Waals surface area contributed by atoms with Crippen LogP contribution in [0.15, 0.2) is 38.8 Å². The summed E-state index contributed by atoms with van der Waals surface area (Å²) in [5.74, 6) is 0. The van der Waals surface area contributed by atoms with E-state index in [2.05, 4.69) is 66.8 Å². The molecule has 2 heteroatoms. The van der Waals surface area contributed by atoms with Crippen LogP contribution in [0.1, 0.15) is 40.5 Å². The van der Waals surface area contributed by atoms with Crippen molar-refractivity contribution in [1.82, 2.24) is 0 Å². The number of hydrogen-bond donors (Lipinski definition) is 0. The Bertz CT molecular complexity index is 370. The van der Waals surface area contributed by atoms with Crippen LogP contribution >= 0.6 is 15.9 Å². The average molecular weight is 282 g/mol. The molecule has 0 atom stereocenters. The first-order valence-corrected chi connectivity index (χ1v) is 6.70. The van der Waals surface area contributed by atoms with Crippen molar-refractivity contribution in [2.75, 3.05) is 0 Å². The molecule has 16 heavy (non-hydrogen) atoms. The second-order valence-corrected chi connectivity index (χ2v) is 5.17. The van der Waals surface area contributed by atoms with Crippen molar-refractivity contribution in [3.63, 3.8) is 0 Å². The highest BCUT2D eigenvalue weighted by atomic mass is 79.9. The minimum atomic E-state index is 0.336. The maximum absolute atomic E-state index is 4.67. The number of allylic oxidation sites excluding steroid dienone is 6. The van der Waals surface area contributed by atoms with Gasteiger partial charge in [0.15, 0.2) is 0 Å². The van der Waals surface area contributed by atoms with E-state index in [1.54, 1.807) is 0 Å². The largest absolute Gasteiger partial charge is 0.282 e. The van der Waals surface area contributed by atoms with Gasteiger partial charge in [0.05, 0.1) is 5.71 Å². The fourth-order valence-corrected chi connectivity index (χ4v) is 2.35. The molecule has 0 N–H and O–H groups in total. The summed E-state index contributed by atoms with van der Waals surface area (Å²) in [5.41, 5.74) is 3.79. The summed E-state index contributed by atoms with van der Waals surface area (Å²) >= 11 is 3.56. The lowest BCUT2D eigenvalue weighted by molar-refractivity contribution is 0.835. The Kier molecular flexibility index (Phi) is 5.20. The molecule has 0 heterocycles. The van der Waals surface area contributed by atoms with Gasteiger partial charge < -0.3 is 0 Å². The third-order valence-corrected chi connectivity index (χ3v) is 2.87. The van der Waals surface area contributed by atoms with Crippen LogP contribution in [-0.4, -0.2) is 11.8 Å². The van der Waals surface area contributed by atoms with E-state index in [-0.39, 0.29) is 0 Å². The first kappa shape index (κ1) is 13.4. The van der Waals surface area contributed by atoms with Crippen LogP contribution in [0.25, 0.3) is 0 Å². The van der Waals surface area contributed by atoms with E-state index < -0.39 is 0 Å². The molecule has 0 spiro atoms. The predicted octanol–water partition coefficient (Wildman–Crippen LogP) is 4.80. The van der Waals surface area contributed by atoms with E-state index in [1.807, 2.05) is 0 Å². The Morgan fingerprint density at radius 1 is 1.38 bits per heavy atom. The fraction of sp³-hybridized carbons (Fsp3) is 0.500. The van der Waals surface area contributed by atoms with Crippen LogP contribution in [0.3, 0.4) is 0 Å². The summed E-state index contributed by atoms with van der Waals surface area (Å²) in [6, 6.07) is 0.336. The van der Waals surface area contributed by atoms with Crippen molar-refractivity contribution in [2.45, 2.75) is 46.6 Å². The molecule has 88 valence electrons. The molecule has 0 bridgehead atoms. The van der Waals surface area contributed by atoms with Crippen molar-refractivity contribution in [2.24, 2.45) is 4.99 Å². The van der Waals surface area contributed by atoms with Crippen molar-refractivity contribution < 1.29 is 0 Å². The van der Waals surface area contributed by atoms with Gasteiger partial charge in [-0.1, -0.05) is 35.4 Å². The molecule has 0 saturated heterocycles. The molecule has 1 aliphatic carbocycles. The van der Waals surface area contributed by atoms with Crippen molar-refractivity contribution >= 4 is 21.6 Å². The highest BCUT2D eigenvalue weighted by molar-refractivity contribution is 9.11. The fourth-order valence-electron chi connectivity index (χ4n) is 1.85. The quantitative estimate of drug-likeness (QED) is 0.705. The van der Waals surface area contributed by atoms with Crippen LogP contribution < -0.4 is 0 Å². The summed E-state index contributed by atoms with van der Waals surface area (Å²) in [4.78, 5) is 4.67. The molecule has 0 saturated carbocycles. The van der Waals surface area contributed by atoms with E-state index in [4.69, 9.17) is 0 Å². The SMILES string of the molecule is C/C=C1/C(CCC)=CC(Br)=C/C1=N/C(C)C. The molecular formula is C14H20BrN. The van der Waals surface area contributed by atoms with E-state index in [0.717, 1.165) is 16.6 Å². The number of rotatable bonds is 3. The molecule has 0 aromatic rings. The average Bonchev–Trinajstić information content (AvgIpc) is 2.16. The zero-order valence-corrected chi connectivity index (χ0v) is 12.1. The third-order valence-electron chi connectivity index (χ3n) is 2.41. The Morgan fingerprint density at radius 2 is 2.06 bits per heavy atom. The molecule has 0 aliphatic heterocycles. The second-order valence-electron chi connectivity index (χ2n) is 4.26. The van der Waals surface area contributed by atoms with Gasteiger partial charge in [-0.3, -0.25) is 4.99 Å². The van der Waals surface area contributed by atoms with Gasteiger partial charge in [0.2, 0.25) is 0 Å². The molecule has 1 aliphatic rings. The van der Waals surface area contributed by atoms with E-state index in [9.17, 15) is 0 Å². The summed E-state index contributed by atoms with van der Waals surface area (Å²) in [6.07, 6.45) is 8.75. The van der Waals surface area contributed by atoms with Crippen LogP contribution in [0.4, 0.5) is 0 Å². The van der Waals surface area contributed by atoms with E-state index in [1.165, 1.54) is 17.6 Å². The standard InChI is InChI=1S/C14H20BrN/c1-5-7-11-8-12(15)9-14(13(11)6-2)16-10(3)4/h6,8-10H,5,7H2,1-4H3/b13-6-,16-14-. The predicted molar refractivity (Wildman–Crippen MR) is 76.3 cm³/mol. The zero-order chi connectivity index (χ0) is 12.1. The molecule has 0 aromatic carbocycles. The van der Waals surface area contributed by atoms with Gasteiger partial charge in [0.1, 0.15) is 0 Å². The maximum Gasteiger partial charge on any atom is 0.0660 e. The van der Waals surface area contributed by atoms with Crippen LogP contribution in [0.2, 0.25) is 0 Å². The molecular weight excluding hydrogens is 262 g/mol. The summed E-state index contributed by atoms with van der Waals surface area (Å²) in [7, 11) is 0. The minimum absolute atomic E-state index is 0.336.